The standard InChI is InChI=1S/C16H28N2O4/c1-15(2,11-19)6-4-8-17-14(22)18-9-12-5-3-7-16(12,10-18)13(20)21/h12,19H,3-11H2,1-2H3,(H,17,22)(H,20,21)/t12-,16+/m0/s1. The number of fused-ring (bicyclic) bond motifs is 1. The molecule has 2 fully saturated rings. The maximum absolute atomic E-state index is 12.2. The van der Waals surface area contributed by atoms with Crippen LogP contribution in [0.25, 0.3) is 0 Å². The summed E-state index contributed by atoms with van der Waals surface area (Å²) in [5.74, 6) is -0.654. The molecule has 0 unspecified atom stereocenters. The monoisotopic (exact) mass is 312 g/mol. The normalized spacial score (nSPS) is 27.8. The molecule has 1 aliphatic heterocycles. The quantitative estimate of drug-likeness (QED) is 0.651. The number of nitrogens with one attached hydrogen (secondary N) is 1. The Morgan fingerprint density at radius 1 is 1.41 bits per heavy atom. The van der Waals surface area contributed by atoms with Crippen LogP contribution < -0.4 is 5.32 Å². The van der Waals surface area contributed by atoms with Gasteiger partial charge in [-0.05, 0) is 37.0 Å². The van der Waals surface area contributed by atoms with Gasteiger partial charge in [-0.2, -0.15) is 0 Å². The molecule has 0 bridgehead atoms. The highest BCUT2D eigenvalue weighted by molar-refractivity contribution is 5.80. The molecule has 6 nitrogen and oxygen atoms in total. The molecule has 0 aromatic heterocycles. The van der Waals surface area contributed by atoms with E-state index in [4.69, 9.17) is 0 Å². The highest BCUT2D eigenvalue weighted by atomic mass is 16.4. The number of carbonyl (C=O) groups excluding carboxylic acids is 1. The van der Waals surface area contributed by atoms with Crippen molar-refractivity contribution < 1.29 is 19.8 Å². The van der Waals surface area contributed by atoms with Crippen LogP contribution in [0.3, 0.4) is 0 Å². The fourth-order valence-corrected chi connectivity index (χ4v) is 3.75. The van der Waals surface area contributed by atoms with Gasteiger partial charge in [-0.25, -0.2) is 4.79 Å². The summed E-state index contributed by atoms with van der Waals surface area (Å²) < 4.78 is 0. The number of hydrogen-bond acceptors (Lipinski definition) is 3. The van der Waals surface area contributed by atoms with E-state index in [1.807, 2.05) is 13.8 Å². The Balaban J connectivity index is 1.79. The van der Waals surface area contributed by atoms with Gasteiger partial charge in [-0.3, -0.25) is 4.79 Å². The summed E-state index contributed by atoms with van der Waals surface area (Å²) in [4.78, 5) is 25.5. The van der Waals surface area contributed by atoms with Crippen molar-refractivity contribution in [3.63, 3.8) is 0 Å². The van der Waals surface area contributed by atoms with Crippen molar-refractivity contribution in [3.05, 3.63) is 0 Å². The molecule has 1 saturated heterocycles. The summed E-state index contributed by atoms with van der Waals surface area (Å²) in [7, 11) is 0. The maximum atomic E-state index is 12.2. The number of nitrogens with zero attached hydrogens (tertiary/aromatic N) is 1. The van der Waals surface area contributed by atoms with Crippen LogP contribution in [0.4, 0.5) is 4.79 Å². The first-order chi connectivity index (χ1) is 10.3. The molecule has 1 saturated carbocycles. The molecule has 2 amide bonds. The Hall–Kier alpha value is -1.30. The molecule has 22 heavy (non-hydrogen) atoms. The summed E-state index contributed by atoms with van der Waals surface area (Å²) in [5, 5.41) is 21.6. The summed E-state index contributed by atoms with van der Waals surface area (Å²) in [6, 6.07) is -0.156. The first-order valence-electron chi connectivity index (χ1n) is 8.18. The lowest BCUT2D eigenvalue weighted by atomic mass is 9.81. The molecule has 0 aromatic rings. The summed E-state index contributed by atoms with van der Waals surface area (Å²) in [5.41, 5.74) is -0.834. The van der Waals surface area contributed by atoms with Crippen LogP contribution in [0.2, 0.25) is 0 Å². The van der Waals surface area contributed by atoms with Crippen LogP contribution in [0.1, 0.15) is 46.0 Å². The van der Waals surface area contributed by atoms with E-state index in [9.17, 15) is 19.8 Å². The van der Waals surface area contributed by atoms with Crippen LogP contribution in [-0.2, 0) is 4.79 Å². The molecule has 2 atom stereocenters. The van der Waals surface area contributed by atoms with E-state index in [2.05, 4.69) is 5.32 Å². The van der Waals surface area contributed by atoms with Gasteiger partial charge in [0.2, 0.25) is 0 Å². The predicted octanol–water partition coefficient (Wildman–Crippen LogP) is 1.68. The number of carbonyl (C=O) groups is 2. The summed E-state index contributed by atoms with van der Waals surface area (Å²) in [6.07, 6.45) is 4.18. The Morgan fingerprint density at radius 2 is 2.14 bits per heavy atom. The topological polar surface area (TPSA) is 89.9 Å². The average molecular weight is 312 g/mol. The molecular formula is C16H28N2O4. The molecule has 3 N–H and O–H groups in total. The molecule has 1 aliphatic carbocycles. The number of carboxylic acid groups (broad SMARTS) is 1. The molecule has 2 rings (SSSR count). The van der Waals surface area contributed by atoms with Gasteiger partial charge in [0, 0.05) is 26.2 Å². The van der Waals surface area contributed by atoms with E-state index in [1.165, 1.54) is 0 Å². The largest absolute Gasteiger partial charge is 0.481 e. The number of amides is 2. The zero-order valence-corrected chi connectivity index (χ0v) is 13.6. The van der Waals surface area contributed by atoms with Gasteiger partial charge in [0.1, 0.15) is 0 Å². The lowest BCUT2D eigenvalue weighted by Crippen LogP contribution is -2.42. The highest BCUT2D eigenvalue weighted by Gasteiger charge is 2.55. The van der Waals surface area contributed by atoms with Crippen LogP contribution in [-0.4, -0.2) is 53.4 Å². The lowest BCUT2D eigenvalue weighted by molar-refractivity contribution is -0.149. The van der Waals surface area contributed by atoms with Gasteiger partial charge in [-0.15, -0.1) is 0 Å². The zero-order chi connectivity index (χ0) is 16.4. The Bertz CT molecular complexity index is 438. The van der Waals surface area contributed by atoms with E-state index in [-0.39, 0.29) is 24.0 Å². The molecule has 1 heterocycles. The van der Waals surface area contributed by atoms with Gasteiger partial charge in [0.25, 0.3) is 0 Å². The first-order valence-corrected chi connectivity index (χ1v) is 8.18. The van der Waals surface area contributed by atoms with Gasteiger partial charge < -0.3 is 20.4 Å². The number of aliphatic hydroxyl groups excluding tert-OH is 1. The van der Waals surface area contributed by atoms with E-state index < -0.39 is 11.4 Å². The van der Waals surface area contributed by atoms with Crippen molar-refractivity contribution in [3.8, 4) is 0 Å². The minimum absolute atomic E-state index is 0.101. The van der Waals surface area contributed by atoms with E-state index in [0.29, 0.717) is 26.1 Å². The number of aliphatic carboxylic acids is 1. The number of urea groups is 1. The second-order valence-corrected chi connectivity index (χ2v) is 7.59. The van der Waals surface area contributed by atoms with Crippen molar-refractivity contribution in [2.24, 2.45) is 16.7 Å². The van der Waals surface area contributed by atoms with Gasteiger partial charge in [0.15, 0.2) is 0 Å². The fourth-order valence-electron chi connectivity index (χ4n) is 3.75. The van der Waals surface area contributed by atoms with Crippen molar-refractivity contribution in [2.75, 3.05) is 26.2 Å². The van der Waals surface area contributed by atoms with Crippen LogP contribution >= 0.6 is 0 Å². The Labute approximate surface area is 131 Å². The van der Waals surface area contributed by atoms with E-state index in [0.717, 1.165) is 25.7 Å². The minimum atomic E-state index is -0.755. The van der Waals surface area contributed by atoms with Crippen molar-refractivity contribution in [1.29, 1.82) is 0 Å². The highest BCUT2D eigenvalue weighted by Crippen LogP contribution is 2.48. The molecule has 0 spiro atoms. The third kappa shape index (κ3) is 3.37. The third-order valence-electron chi connectivity index (χ3n) is 5.32. The summed E-state index contributed by atoms with van der Waals surface area (Å²) >= 11 is 0. The van der Waals surface area contributed by atoms with Gasteiger partial charge in [-0.1, -0.05) is 20.3 Å². The average Bonchev–Trinajstić information content (AvgIpc) is 3.01. The van der Waals surface area contributed by atoms with Crippen LogP contribution in [0.5, 0.6) is 0 Å². The molecule has 0 radical (unpaired) electrons. The maximum Gasteiger partial charge on any atom is 0.317 e. The third-order valence-corrected chi connectivity index (χ3v) is 5.32. The molecule has 0 aromatic carbocycles. The smallest absolute Gasteiger partial charge is 0.317 e. The first kappa shape index (κ1) is 17.1. The molecule has 126 valence electrons. The molecule has 2 aliphatic rings. The second kappa shape index (κ2) is 6.44. The lowest BCUT2D eigenvalue weighted by Gasteiger charge is -2.24. The minimum Gasteiger partial charge on any atom is -0.481 e. The number of aliphatic hydroxyl groups is 1. The number of carboxylic acids is 1. The van der Waals surface area contributed by atoms with Crippen molar-refractivity contribution in [1.82, 2.24) is 10.2 Å². The SMILES string of the molecule is CC(C)(CO)CCCNC(=O)N1C[C@@H]2CCC[C@@]2(C(=O)O)C1. The van der Waals surface area contributed by atoms with E-state index >= 15 is 0 Å². The number of hydrogen-bond donors (Lipinski definition) is 3. The number of rotatable bonds is 6. The Morgan fingerprint density at radius 3 is 2.73 bits per heavy atom. The summed E-state index contributed by atoms with van der Waals surface area (Å²) in [6.45, 7) is 5.57. The van der Waals surface area contributed by atoms with Crippen LogP contribution in [0, 0.1) is 16.7 Å². The predicted molar refractivity (Wildman–Crippen MR) is 82.5 cm³/mol. The van der Waals surface area contributed by atoms with Crippen molar-refractivity contribution >= 4 is 12.0 Å². The zero-order valence-electron chi connectivity index (χ0n) is 13.6. The number of likely N-dealkylation sites (tertiary alicyclic amines) is 1. The molecule has 6 heteroatoms. The molecular weight excluding hydrogens is 284 g/mol. The second-order valence-electron chi connectivity index (χ2n) is 7.59. The van der Waals surface area contributed by atoms with Gasteiger partial charge in [0.05, 0.1) is 5.41 Å². The Kier molecular flexibility index (Phi) is 5.00. The fraction of sp³-hybridized carbons (Fsp3) is 0.875. The van der Waals surface area contributed by atoms with Crippen molar-refractivity contribution in [2.45, 2.75) is 46.0 Å². The van der Waals surface area contributed by atoms with Gasteiger partial charge >= 0.3 is 12.0 Å². The van der Waals surface area contributed by atoms with E-state index in [1.54, 1.807) is 4.90 Å². The van der Waals surface area contributed by atoms with Crippen LogP contribution in [0.15, 0.2) is 0 Å².